The van der Waals surface area contributed by atoms with Crippen molar-refractivity contribution in [2.24, 2.45) is 14.1 Å². The maximum absolute atomic E-state index is 12.5. The number of aromatic nitrogens is 2. The maximum Gasteiger partial charge on any atom is 0.454 e. The monoisotopic (exact) mass is 336 g/mol. The molecule has 8 heteroatoms. The summed E-state index contributed by atoms with van der Waals surface area (Å²) in [6.07, 6.45) is -4.95. The van der Waals surface area contributed by atoms with E-state index in [2.05, 4.69) is 15.9 Å². The lowest BCUT2D eigenvalue weighted by atomic mass is 10.1. The summed E-state index contributed by atoms with van der Waals surface area (Å²) in [7, 11) is 2.93. The van der Waals surface area contributed by atoms with Crippen LogP contribution in [0.4, 0.5) is 13.2 Å². The number of ketones is 1. The minimum absolute atomic E-state index is 0.00326. The first-order valence-corrected chi connectivity index (χ1v) is 5.90. The van der Waals surface area contributed by atoms with Crippen LogP contribution in [0.1, 0.15) is 10.4 Å². The molecule has 0 bridgehead atoms. The summed E-state index contributed by atoms with van der Waals surface area (Å²) >= 11 is 2.93. The van der Waals surface area contributed by atoms with Crippen molar-refractivity contribution in [2.45, 2.75) is 6.18 Å². The van der Waals surface area contributed by atoms with Gasteiger partial charge in [-0.15, -0.1) is 0 Å². The second-order valence-corrected chi connectivity index (χ2v) is 4.90. The van der Waals surface area contributed by atoms with E-state index in [1.54, 1.807) is 0 Å². The summed E-state index contributed by atoms with van der Waals surface area (Å²) in [5.74, 6) is -1.95. The van der Waals surface area contributed by atoms with Gasteiger partial charge in [0.15, 0.2) is 0 Å². The van der Waals surface area contributed by atoms with Crippen LogP contribution in [0.15, 0.2) is 21.4 Å². The van der Waals surface area contributed by atoms with Crippen molar-refractivity contribution in [3.8, 4) is 0 Å². The summed E-state index contributed by atoms with van der Waals surface area (Å²) in [6.45, 7) is 0. The molecule has 0 N–H and O–H groups in total. The van der Waals surface area contributed by atoms with E-state index in [0.717, 1.165) is 6.07 Å². The molecule has 0 spiro atoms. The Kier molecular flexibility index (Phi) is 3.08. The van der Waals surface area contributed by atoms with Crippen molar-refractivity contribution < 1.29 is 18.0 Å². The lowest BCUT2D eigenvalue weighted by Gasteiger charge is -2.08. The van der Waals surface area contributed by atoms with Gasteiger partial charge < -0.3 is 0 Å². The molecule has 19 heavy (non-hydrogen) atoms. The Morgan fingerprint density at radius 2 is 1.63 bits per heavy atom. The first-order chi connectivity index (χ1) is 8.64. The number of hydrogen-bond acceptors (Lipinski definition) is 2. The molecule has 0 saturated heterocycles. The zero-order valence-corrected chi connectivity index (χ0v) is 11.5. The minimum Gasteiger partial charge on any atom is -0.295 e. The summed E-state index contributed by atoms with van der Waals surface area (Å²) in [5.41, 5.74) is -0.180. The molecule has 2 aromatic rings. The Hall–Kier alpha value is -1.57. The van der Waals surface area contributed by atoms with Gasteiger partial charge in [0.2, 0.25) is 0 Å². The SMILES string of the molecule is Cn1c(=O)n(C)c2cc(C(=O)C(F)(F)F)c(Br)cc21. The number of nitrogens with zero attached hydrogens (tertiary/aromatic N) is 2. The number of aryl methyl sites for hydroxylation is 2. The van der Waals surface area contributed by atoms with Gasteiger partial charge in [0.1, 0.15) is 0 Å². The highest BCUT2D eigenvalue weighted by Gasteiger charge is 2.40. The van der Waals surface area contributed by atoms with Crippen LogP contribution in [0.3, 0.4) is 0 Å². The molecule has 0 amide bonds. The van der Waals surface area contributed by atoms with E-state index in [9.17, 15) is 22.8 Å². The number of imidazole rings is 1. The summed E-state index contributed by atoms with van der Waals surface area (Å²) in [6, 6.07) is 2.40. The van der Waals surface area contributed by atoms with Crippen LogP contribution in [-0.2, 0) is 14.1 Å². The van der Waals surface area contributed by atoms with Crippen LogP contribution < -0.4 is 5.69 Å². The molecule has 102 valence electrons. The first-order valence-electron chi connectivity index (χ1n) is 5.11. The third-order valence-electron chi connectivity index (χ3n) is 2.86. The number of alkyl halides is 3. The molecule has 0 aliphatic heterocycles. The molecule has 1 heterocycles. The fraction of sp³-hybridized carbons (Fsp3) is 0.273. The lowest BCUT2D eigenvalue weighted by molar-refractivity contribution is -0.0885. The van der Waals surface area contributed by atoms with E-state index in [1.807, 2.05) is 0 Å². The molecule has 0 saturated carbocycles. The van der Waals surface area contributed by atoms with Crippen LogP contribution in [0.2, 0.25) is 0 Å². The third kappa shape index (κ3) is 2.09. The summed E-state index contributed by atoms with van der Waals surface area (Å²) < 4.78 is 39.9. The average molecular weight is 337 g/mol. The fourth-order valence-electron chi connectivity index (χ4n) is 1.85. The van der Waals surface area contributed by atoms with E-state index in [0.29, 0.717) is 5.52 Å². The fourth-order valence-corrected chi connectivity index (χ4v) is 2.36. The number of carbonyl (C=O) groups excluding carboxylic acids is 1. The second kappa shape index (κ2) is 4.22. The van der Waals surface area contributed by atoms with Crippen molar-refractivity contribution in [2.75, 3.05) is 0 Å². The van der Waals surface area contributed by atoms with Gasteiger partial charge in [0, 0.05) is 24.1 Å². The number of benzene rings is 1. The Bertz CT molecular complexity index is 743. The van der Waals surface area contributed by atoms with E-state index in [1.165, 1.54) is 29.3 Å². The number of rotatable bonds is 1. The summed E-state index contributed by atoms with van der Waals surface area (Å²) in [5, 5.41) is 0. The van der Waals surface area contributed by atoms with Gasteiger partial charge in [-0.05, 0) is 28.1 Å². The highest BCUT2D eigenvalue weighted by molar-refractivity contribution is 9.10. The van der Waals surface area contributed by atoms with Crippen LogP contribution in [0.5, 0.6) is 0 Å². The molecule has 0 aliphatic rings. The van der Waals surface area contributed by atoms with Crippen molar-refractivity contribution in [3.63, 3.8) is 0 Å². The van der Waals surface area contributed by atoms with E-state index < -0.39 is 17.5 Å². The average Bonchev–Trinajstić information content (AvgIpc) is 2.52. The number of fused-ring (bicyclic) bond motifs is 1. The van der Waals surface area contributed by atoms with Crippen LogP contribution in [-0.4, -0.2) is 21.1 Å². The Balaban J connectivity index is 2.80. The minimum atomic E-state index is -4.95. The molecular formula is C11H8BrF3N2O2. The molecular weight excluding hydrogens is 329 g/mol. The zero-order valence-electron chi connectivity index (χ0n) is 9.88. The van der Waals surface area contributed by atoms with E-state index in [4.69, 9.17) is 0 Å². The quantitative estimate of drug-likeness (QED) is 0.750. The van der Waals surface area contributed by atoms with Crippen molar-refractivity contribution in [1.29, 1.82) is 0 Å². The molecule has 0 radical (unpaired) electrons. The van der Waals surface area contributed by atoms with Gasteiger partial charge in [0.05, 0.1) is 11.0 Å². The van der Waals surface area contributed by atoms with Gasteiger partial charge in [-0.3, -0.25) is 13.9 Å². The number of hydrogen-bond donors (Lipinski definition) is 0. The first kappa shape index (κ1) is 13.9. The van der Waals surface area contributed by atoms with Gasteiger partial charge >= 0.3 is 11.9 Å². The van der Waals surface area contributed by atoms with Gasteiger partial charge in [-0.25, -0.2) is 4.79 Å². The van der Waals surface area contributed by atoms with Crippen molar-refractivity contribution in [3.05, 3.63) is 32.7 Å². The predicted molar refractivity (Wildman–Crippen MR) is 66.2 cm³/mol. The normalized spacial score (nSPS) is 12.1. The number of Topliss-reactive ketones (excluding diaryl/α,β-unsaturated/α-hetero) is 1. The Morgan fingerprint density at radius 1 is 1.16 bits per heavy atom. The van der Waals surface area contributed by atoms with Gasteiger partial charge in [-0.2, -0.15) is 13.2 Å². The topological polar surface area (TPSA) is 44.0 Å². The van der Waals surface area contributed by atoms with Gasteiger partial charge in [0.25, 0.3) is 5.78 Å². The van der Waals surface area contributed by atoms with Crippen LogP contribution >= 0.6 is 15.9 Å². The molecule has 1 aromatic carbocycles. The standard InChI is InChI=1S/C11H8BrF3N2O2/c1-16-7-3-5(9(18)11(13,14)15)6(12)4-8(7)17(2)10(16)19/h3-4H,1-2H3. The smallest absolute Gasteiger partial charge is 0.295 e. The Morgan fingerprint density at radius 3 is 2.11 bits per heavy atom. The Labute approximate surface area is 113 Å². The highest BCUT2D eigenvalue weighted by Crippen LogP contribution is 2.29. The predicted octanol–water partition coefficient (Wildman–Crippen LogP) is 2.38. The third-order valence-corrected chi connectivity index (χ3v) is 3.52. The van der Waals surface area contributed by atoms with Crippen LogP contribution in [0, 0.1) is 0 Å². The molecule has 2 rings (SSSR count). The van der Waals surface area contributed by atoms with Gasteiger partial charge in [-0.1, -0.05) is 0 Å². The molecule has 0 fully saturated rings. The molecule has 1 aromatic heterocycles. The summed E-state index contributed by atoms with van der Waals surface area (Å²) in [4.78, 5) is 23.0. The second-order valence-electron chi connectivity index (χ2n) is 4.05. The largest absolute Gasteiger partial charge is 0.454 e. The zero-order chi connectivity index (χ0) is 14.5. The molecule has 0 atom stereocenters. The molecule has 0 aliphatic carbocycles. The highest BCUT2D eigenvalue weighted by atomic mass is 79.9. The lowest BCUT2D eigenvalue weighted by Crippen LogP contribution is -2.23. The van der Waals surface area contributed by atoms with Crippen molar-refractivity contribution in [1.82, 2.24) is 9.13 Å². The molecule has 0 unspecified atom stereocenters. The maximum atomic E-state index is 12.5. The van der Waals surface area contributed by atoms with Crippen molar-refractivity contribution >= 4 is 32.7 Å². The van der Waals surface area contributed by atoms with E-state index >= 15 is 0 Å². The van der Waals surface area contributed by atoms with E-state index in [-0.39, 0.29) is 15.7 Å². The van der Waals surface area contributed by atoms with Crippen LogP contribution in [0.25, 0.3) is 11.0 Å². The number of halogens is 4. The number of carbonyl (C=O) groups is 1. The molecule has 4 nitrogen and oxygen atoms in total.